The predicted molar refractivity (Wildman–Crippen MR) is 186 cm³/mol. The molecule has 6 atom stereocenters. The van der Waals surface area contributed by atoms with Gasteiger partial charge in [-0.2, -0.15) is 0 Å². The number of carbonyl (C=O) groups excluding carboxylic acids is 2. The van der Waals surface area contributed by atoms with E-state index in [0.29, 0.717) is 50.7 Å². The summed E-state index contributed by atoms with van der Waals surface area (Å²) in [6.07, 6.45) is 7.69. The van der Waals surface area contributed by atoms with Crippen LogP contribution in [0, 0.1) is 5.92 Å². The zero-order valence-electron chi connectivity index (χ0n) is 29.4. The summed E-state index contributed by atoms with van der Waals surface area (Å²) >= 11 is 0. The monoisotopic (exact) mass is 677 g/mol. The fraction of sp³-hybridized carbons (Fsp3) is 0.615. The van der Waals surface area contributed by atoms with Crippen LogP contribution in [0.2, 0.25) is 0 Å². The van der Waals surface area contributed by atoms with Crippen LogP contribution >= 0.6 is 0 Å². The van der Waals surface area contributed by atoms with E-state index in [1.807, 2.05) is 69.3 Å². The van der Waals surface area contributed by atoms with Gasteiger partial charge in [0.05, 0.1) is 24.9 Å². The van der Waals surface area contributed by atoms with Gasteiger partial charge in [-0.25, -0.2) is 0 Å². The molecule has 10 nitrogen and oxygen atoms in total. The molecule has 0 radical (unpaired) electrons. The normalized spacial score (nSPS) is 26.0. The van der Waals surface area contributed by atoms with Crippen LogP contribution in [0.3, 0.4) is 0 Å². The summed E-state index contributed by atoms with van der Waals surface area (Å²) in [6.45, 7) is 7.10. The number of unbranched alkanes of at least 4 members (excludes halogenated alkanes) is 1. The number of carboxylic acid groups (broad SMARTS) is 1. The minimum atomic E-state index is -0.847. The van der Waals surface area contributed by atoms with Crippen molar-refractivity contribution in [2.24, 2.45) is 5.92 Å². The third-order valence-electron chi connectivity index (χ3n) is 10.1. The Morgan fingerprint density at radius 1 is 0.857 bits per heavy atom. The first-order valence-electron chi connectivity index (χ1n) is 18.1. The van der Waals surface area contributed by atoms with Crippen LogP contribution in [0.5, 0.6) is 0 Å². The molecule has 3 fully saturated rings. The van der Waals surface area contributed by atoms with E-state index in [1.54, 1.807) is 0 Å². The average Bonchev–Trinajstić information content (AvgIpc) is 3.08. The number of piperidine rings is 1. The van der Waals surface area contributed by atoms with Crippen LogP contribution < -0.4 is 10.6 Å². The van der Waals surface area contributed by atoms with Crippen molar-refractivity contribution in [2.45, 2.75) is 141 Å². The number of aliphatic hydroxyl groups is 1. The number of amides is 2. The van der Waals surface area contributed by atoms with Crippen LogP contribution in [-0.2, 0) is 37.0 Å². The maximum absolute atomic E-state index is 13.7. The Morgan fingerprint density at radius 2 is 1.53 bits per heavy atom. The van der Waals surface area contributed by atoms with Gasteiger partial charge in [0.2, 0.25) is 11.8 Å². The van der Waals surface area contributed by atoms with Gasteiger partial charge in [0.25, 0.3) is 0 Å². The number of hydrogen-bond donors (Lipinski definition) is 4. The van der Waals surface area contributed by atoms with Crippen molar-refractivity contribution in [2.75, 3.05) is 6.54 Å². The molecular weight excluding hydrogens is 622 g/mol. The lowest BCUT2D eigenvalue weighted by Crippen LogP contribution is -2.61. The average molecular weight is 678 g/mol. The summed E-state index contributed by atoms with van der Waals surface area (Å²) in [6, 6.07) is 15.9. The van der Waals surface area contributed by atoms with Crippen molar-refractivity contribution in [3.63, 3.8) is 0 Å². The minimum absolute atomic E-state index is 0.0206. The van der Waals surface area contributed by atoms with E-state index in [0.717, 1.165) is 41.5 Å². The van der Waals surface area contributed by atoms with Crippen LogP contribution in [0.15, 0.2) is 48.5 Å². The largest absolute Gasteiger partial charge is 0.481 e. The van der Waals surface area contributed by atoms with E-state index < -0.39 is 12.3 Å². The highest BCUT2D eigenvalue weighted by atomic mass is 16.7. The molecule has 49 heavy (non-hydrogen) atoms. The summed E-state index contributed by atoms with van der Waals surface area (Å²) in [5.41, 5.74) is 3.37. The van der Waals surface area contributed by atoms with Gasteiger partial charge in [-0.3, -0.25) is 19.3 Å². The number of aliphatic hydroxyl groups excluding tert-OH is 1. The third kappa shape index (κ3) is 10.6. The number of rotatable bonds is 13. The lowest BCUT2D eigenvalue weighted by atomic mass is 9.75. The van der Waals surface area contributed by atoms with Gasteiger partial charge in [0.15, 0.2) is 6.29 Å². The van der Waals surface area contributed by atoms with Gasteiger partial charge in [0, 0.05) is 49.5 Å². The quantitative estimate of drug-likeness (QED) is 0.192. The van der Waals surface area contributed by atoms with Crippen molar-refractivity contribution in [1.82, 2.24) is 15.5 Å². The molecule has 0 unspecified atom stereocenters. The van der Waals surface area contributed by atoms with Gasteiger partial charge >= 0.3 is 5.97 Å². The molecular formula is C39H55N3O7. The zero-order valence-corrected chi connectivity index (χ0v) is 29.4. The second-order valence-electron chi connectivity index (χ2n) is 15.1. The van der Waals surface area contributed by atoms with E-state index in [1.165, 1.54) is 19.3 Å². The third-order valence-corrected chi connectivity index (χ3v) is 10.1. The molecule has 10 heteroatoms. The Balaban J connectivity index is 1.31. The van der Waals surface area contributed by atoms with Gasteiger partial charge in [-0.15, -0.1) is 0 Å². The van der Waals surface area contributed by atoms with E-state index >= 15 is 0 Å². The molecule has 0 spiro atoms. The number of nitrogens with one attached hydrogen (secondary N) is 2. The number of hydrogen-bond acceptors (Lipinski definition) is 7. The van der Waals surface area contributed by atoms with Crippen molar-refractivity contribution in [3.8, 4) is 0 Å². The molecule has 1 saturated carbocycles. The van der Waals surface area contributed by atoms with Crippen LogP contribution in [0.4, 0.5) is 0 Å². The molecule has 2 heterocycles. The molecule has 5 rings (SSSR count). The second kappa shape index (κ2) is 17.1. The maximum Gasteiger partial charge on any atom is 0.303 e. The molecule has 2 amide bonds. The molecule has 2 saturated heterocycles. The first-order valence-corrected chi connectivity index (χ1v) is 18.1. The first kappa shape index (κ1) is 37.0. The lowest BCUT2D eigenvalue weighted by molar-refractivity contribution is -0.255. The molecule has 0 aromatic heterocycles. The van der Waals surface area contributed by atoms with Crippen LogP contribution in [-0.4, -0.2) is 63.2 Å². The van der Waals surface area contributed by atoms with E-state index in [-0.39, 0.29) is 48.6 Å². The summed E-state index contributed by atoms with van der Waals surface area (Å²) in [7, 11) is 0. The van der Waals surface area contributed by atoms with Gasteiger partial charge in [0.1, 0.15) is 0 Å². The maximum atomic E-state index is 13.7. The lowest BCUT2D eigenvalue weighted by Gasteiger charge is -2.50. The topological polar surface area (TPSA) is 137 Å². The van der Waals surface area contributed by atoms with E-state index in [4.69, 9.17) is 14.6 Å². The van der Waals surface area contributed by atoms with E-state index in [9.17, 15) is 19.5 Å². The zero-order chi connectivity index (χ0) is 35.0. The molecule has 2 aromatic rings. The molecule has 4 N–H and O–H groups in total. The fourth-order valence-corrected chi connectivity index (χ4v) is 7.64. The molecule has 0 bridgehead atoms. The summed E-state index contributed by atoms with van der Waals surface area (Å²) in [4.78, 5) is 39.1. The number of carbonyl (C=O) groups is 3. The summed E-state index contributed by atoms with van der Waals surface area (Å²) < 4.78 is 13.4. The summed E-state index contributed by atoms with van der Waals surface area (Å²) in [5, 5.41) is 24.6. The number of benzene rings is 2. The Bertz CT molecular complexity index is 1390. The minimum Gasteiger partial charge on any atom is -0.481 e. The van der Waals surface area contributed by atoms with Crippen LogP contribution in [0.1, 0.15) is 126 Å². The number of fused-ring (bicyclic) bond motifs is 1. The number of carboxylic acids is 1. The predicted octanol–water partition coefficient (Wildman–Crippen LogP) is 5.92. The Hall–Kier alpha value is -3.31. The molecule has 1 aliphatic carbocycles. The van der Waals surface area contributed by atoms with Gasteiger partial charge in [-0.1, -0.05) is 61.4 Å². The van der Waals surface area contributed by atoms with Gasteiger partial charge in [-0.05, 0) is 81.9 Å². The Labute approximate surface area is 290 Å². The second-order valence-corrected chi connectivity index (χ2v) is 15.1. The highest BCUT2D eigenvalue weighted by Crippen LogP contribution is 2.42. The smallest absolute Gasteiger partial charge is 0.303 e. The number of likely N-dealkylation sites (tertiary alicyclic amines) is 1. The standard InChI is InChI=1S/C39H55N3O7/c1-39(2,3)41-37(47)33-21-20-28-8-4-5-9-32(28)42(33)24-31-22-34(29-16-14-27(25-43)15-17-29)49-38(48-31)30-18-12-26(13-19-30)23-40-35(44)10-6-7-11-36(45)46/h12-19,28,31-34,38,43H,4-11,20-25H2,1-3H3,(H,40,44)(H,41,47)(H,45,46)/t28-,31-,32-,33-,34+,38+/m1/s1. The highest BCUT2D eigenvalue weighted by Gasteiger charge is 2.44. The molecule has 268 valence electrons. The Kier molecular flexibility index (Phi) is 12.9. The highest BCUT2D eigenvalue weighted by molar-refractivity contribution is 5.82. The van der Waals surface area contributed by atoms with Crippen molar-refractivity contribution >= 4 is 17.8 Å². The van der Waals surface area contributed by atoms with Crippen molar-refractivity contribution in [1.29, 1.82) is 0 Å². The molecule has 3 aliphatic rings. The summed E-state index contributed by atoms with van der Waals surface area (Å²) in [5.74, 6) is -0.249. The SMILES string of the molecule is CC(C)(C)NC(=O)[C@H]1CC[C@H]2CCCC[C@H]2N1C[C@H]1C[C@@H](c2ccc(CO)cc2)O[C@@H](c2ccc(CNC(=O)CCCCC(=O)O)cc2)O1. The molecule has 2 aliphatic heterocycles. The number of ether oxygens (including phenoxy) is 2. The van der Waals surface area contributed by atoms with Crippen LogP contribution in [0.25, 0.3) is 0 Å². The van der Waals surface area contributed by atoms with Crippen molar-refractivity contribution < 1.29 is 34.1 Å². The van der Waals surface area contributed by atoms with Gasteiger partial charge < -0.3 is 30.3 Å². The van der Waals surface area contributed by atoms with E-state index in [2.05, 4.69) is 15.5 Å². The fourth-order valence-electron chi connectivity index (χ4n) is 7.64. The number of aliphatic carboxylic acids is 1. The Morgan fingerprint density at radius 3 is 2.22 bits per heavy atom. The van der Waals surface area contributed by atoms with Crippen molar-refractivity contribution in [3.05, 3.63) is 70.8 Å². The first-order chi connectivity index (χ1) is 23.5. The number of nitrogens with zero attached hydrogens (tertiary/aromatic N) is 1. The molecule has 2 aromatic carbocycles.